The SMILES string of the molecule is C#CCC(C)NC(=O)c1cn(CCN)cn1. The van der Waals surface area contributed by atoms with Crippen molar-refractivity contribution in [1.82, 2.24) is 14.9 Å². The Labute approximate surface area is 95.0 Å². The molecule has 1 unspecified atom stereocenters. The van der Waals surface area contributed by atoms with Crippen LogP contribution in [0.15, 0.2) is 12.5 Å². The molecule has 0 aliphatic carbocycles. The van der Waals surface area contributed by atoms with E-state index in [1.165, 1.54) is 0 Å². The number of nitrogens with zero attached hydrogens (tertiary/aromatic N) is 2. The van der Waals surface area contributed by atoms with Crippen LogP contribution < -0.4 is 11.1 Å². The molecule has 1 aromatic rings. The van der Waals surface area contributed by atoms with Crippen molar-refractivity contribution in [2.45, 2.75) is 25.9 Å². The largest absolute Gasteiger partial charge is 0.347 e. The van der Waals surface area contributed by atoms with E-state index in [1.807, 2.05) is 6.92 Å². The van der Waals surface area contributed by atoms with Gasteiger partial charge in [-0.1, -0.05) is 0 Å². The number of nitrogens with one attached hydrogen (secondary N) is 1. The lowest BCUT2D eigenvalue weighted by atomic mass is 10.2. The van der Waals surface area contributed by atoms with E-state index in [-0.39, 0.29) is 11.9 Å². The van der Waals surface area contributed by atoms with Crippen LogP contribution in [0.5, 0.6) is 0 Å². The minimum absolute atomic E-state index is 0.0443. The van der Waals surface area contributed by atoms with E-state index in [4.69, 9.17) is 12.2 Å². The Morgan fingerprint density at radius 3 is 3.19 bits per heavy atom. The van der Waals surface area contributed by atoms with Gasteiger partial charge in [0.25, 0.3) is 5.91 Å². The number of terminal acetylenes is 1. The van der Waals surface area contributed by atoms with Gasteiger partial charge in [0, 0.05) is 31.7 Å². The maximum atomic E-state index is 11.7. The highest BCUT2D eigenvalue weighted by molar-refractivity contribution is 5.92. The Bertz CT molecular complexity index is 391. The molecule has 5 nitrogen and oxygen atoms in total. The molecule has 0 spiro atoms. The van der Waals surface area contributed by atoms with E-state index in [1.54, 1.807) is 17.1 Å². The van der Waals surface area contributed by atoms with Crippen molar-refractivity contribution in [3.05, 3.63) is 18.2 Å². The number of carbonyl (C=O) groups excluding carboxylic acids is 1. The summed E-state index contributed by atoms with van der Waals surface area (Å²) in [6, 6.07) is -0.0443. The fraction of sp³-hybridized carbons (Fsp3) is 0.455. The average Bonchev–Trinajstić information content (AvgIpc) is 2.67. The molecule has 3 N–H and O–H groups in total. The fourth-order valence-corrected chi connectivity index (χ4v) is 1.27. The molecule has 1 heterocycles. The third-order valence-electron chi connectivity index (χ3n) is 2.05. The fourth-order valence-electron chi connectivity index (χ4n) is 1.27. The molecule has 1 aromatic heterocycles. The van der Waals surface area contributed by atoms with Crippen LogP contribution in [-0.2, 0) is 6.54 Å². The summed E-state index contributed by atoms with van der Waals surface area (Å²) in [6.07, 6.45) is 8.92. The first-order valence-corrected chi connectivity index (χ1v) is 5.13. The summed E-state index contributed by atoms with van der Waals surface area (Å²) < 4.78 is 1.78. The van der Waals surface area contributed by atoms with Crippen LogP contribution in [-0.4, -0.2) is 28.0 Å². The number of hydrogen-bond acceptors (Lipinski definition) is 3. The van der Waals surface area contributed by atoms with E-state index in [0.29, 0.717) is 25.2 Å². The van der Waals surface area contributed by atoms with E-state index >= 15 is 0 Å². The molecule has 1 amide bonds. The predicted octanol–water partition coefficient (Wildman–Crippen LogP) is -0.0166. The number of nitrogens with two attached hydrogens (primary N) is 1. The number of rotatable bonds is 5. The van der Waals surface area contributed by atoms with Crippen molar-refractivity contribution in [2.24, 2.45) is 5.73 Å². The second-order valence-corrected chi connectivity index (χ2v) is 3.57. The van der Waals surface area contributed by atoms with Gasteiger partial charge >= 0.3 is 0 Å². The van der Waals surface area contributed by atoms with Crippen LogP contribution in [0.4, 0.5) is 0 Å². The summed E-state index contributed by atoms with van der Waals surface area (Å²) in [5.41, 5.74) is 5.78. The molecule has 0 aromatic carbocycles. The Morgan fingerprint density at radius 1 is 1.81 bits per heavy atom. The minimum atomic E-state index is -0.210. The number of amides is 1. The van der Waals surface area contributed by atoms with Gasteiger partial charge in [-0.05, 0) is 6.92 Å². The van der Waals surface area contributed by atoms with Crippen molar-refractivity contribution < 1.29 is 4.79 Å². The van der Waals surface area contributed by atoms with Crippen LogP contribution in [0.2, 0.25) is 0 Å². The summed E-state index contributed by atoms with van der Waals surface area (Å²) in [6.45, 7) is 3.03. The zero-order valence-corrected chi connectivity index (χ0v) is 9.31. The Kier molecular flexibility index (Phi) is 4.55. The van der Waals surface area contributed by atoms with Gasteiger partial charge in [0.15, 0.2) is 0 Å². The Hall–Kier alpha value is -1.80. The lowest BCUT2D eigenvalue weighted by Gasteiger charge is -2.08. The second kappa shape index (κ2) is 5.93. The standard InChI is InChI=1S/C11H16N4O/c1-3-4-9(2)14-11(16)10-7-15(6-5-12)8-13-10/h1,7-9H,4-6,12H2,2H3,(H,14,16). The molecule has 0 radical (unpaired) electrons. The molecule has 1 atom stereocenters. The topological polar surface area (TPSA) is 72.9 Å². The third kappa shape index (κ3) is 3.41. The van der Waals surface area contributed by atoms with Gasteiger partial charge in [-0.15, -0.1) is 12.3 Å². The minimum Gasteiger partial charge on any atom is -0.347 e. The van der Waals surface area contributed by atoms with Gasteiger partial charge in [-0.25, -0.2) is 4.98 Å². The second-order valence-electron chi connectivity index (χ2n) is 3.57. The molecule has 16 heavy (non-hydrogen) atoms. The summed E-state index contributed by atoms with van der Waals surface area (Å²) in [5.74, 6) is 2.28. The van der Waals surface area contributed by atoms with E-state index in [0.717, 1.165) is 0 Å². The summed E-state index contributed by atoms with van der Waals surface area (Å²) >= 11 is 0. The first kappa shape index (κ1) is 12.3. The summed E-state index contributed by atoms with van der Waals surface area (Å²) in [7, 11) is 0. The quantitative estimate of drug-likeness (QED) is 0.685. The van der Waals surface area contributed by atoms with Crippen molar-refractivity contribution in [1.29, 1.82) is 0 Å². The van der Waals surface area contributed by atoms with Gasteiger partial charge < -0.3 is 15.6 Å². The highest BCUT2D eigenvalue weighted by Crippen LogP contribution is 1.98. The molecule has 0 saturated carbocycles. The molecule has 0 fully saturated rings. The van der Waals surface area contributed by atoms with Gasteiger partial charge in [-0.3, -0.25) is 4.79 Å². The highest BCUT2D eigenvalue weighted by Gasteiger charge is 2.11. The number of imidazole rings is 1. The summed E-state index contributed by atoms with van der Waals surface area (Å²) in [4.78, 5) is 15.7. The molecule has 0 bridgehead atoms. The maximum absolute atomic E-state index is 11.7. The van der Waals surface area contributed by atoms with Gasteiger partial charge in [0.2, 0.25) is 0 Å². The van der Waals surface area contributed by atoms with E-state index < -0.39 is 0 Å². The summed E-state index contributed by atoms with van der Waals surface area (Å²) in [5, 5.41) is 2.76. The lowest BCUT2D eigenvalue weighted by molar-refractivity contribution is 0.0936. The van der Waals surface area contributed by atoms with Crippen LogP contribution in [0.25, 0.3) is 0 Å². The van der Waals surface area contributed by atoms with Crippen molar-refractivity contribution in [3.8, 4) is 12.3 Å². The average molecular weight is 220 g/mol. The molecule has 0 aliphatic heterocycles. The van der Waals surface area contributed by atoms with Gasteiger partial charge in [0.1, 0.15) is 5.69 Å². The van der Waals surface area contributed by atoms with Crippen LogP contribution >= 0.6 is 0 Å². The smallest absolute Gasteiger partial charge is 0.271 e. The molecule has 0 aliphatic rings. The zero-order valence-electron chi connectivity index (χ0n) is 9.31. The Morgan fingerprint density at radius 2 is 2.56 bits per heavy atom. The zero-order chi connectivity index (χ0) is 12.0. The Balaban J connectivity index is 2.56. The highest BCUT2D eigenvalue weighted by atomic mass is 16.1. The predicted molar refractivity (Wildman–Crippen MR) is 61.7 cm³/mol. The molecule has 1 rings (SSSR count). The maximum Gasteiger partial charge on any atom is 0.271 e. The number of carbonyl (C=O) groups is 1. The van der Waals surface area contributed by atoms with Crippen LogP contribution in [0, 0.1) is 12.3 Å². The normalized spacial score (nSPS) is 11.8. The third-order valence-corrected chi connectivity index (χ3v) is 2.05. The van der Waals surface area contributed by atoms with Crippen molar-refractivity contribution in [3.63, 3.8) is 0 Å². The molecule has 86 valence electrons. The first-order valence-electron chi connectivity index (χ1n) is 5.13. The first-order chi connectivity index (χ1) is 7.67. The molecule has 0 saturated heterocycles. The number of aromatic nitrogens is 2. The van der Waals surface area contributed by atoms with Gasteiger partial charge in [0.05, 0.1) is 6.33 Å². The van der Waals surface area contributed by atoms with Gasteiger partial charge in [-0.2, -0.15) is 0 Å². The van der Waals surface area contributed by atoms with Crippen molar-refractivity contribution >= 4 is 5.91 Å². The monoisotopic (exact) mass is 220 g/mol. The van der Waals surface area contributed by atoms with Crippen molar-refractivity contribution in [2.75, 3.05) is 6.54 Å². The molecular formula is C11H16N4O. The van der Waals surface area contributed by atoms with Crippen LogP contribution in [0.3, 0.4) is 0 Å². The molecular weight excluding hydrogens is 204 g/mol. The number of hydrogen-bond donors (Lipinski definition) is 2. The lowest BCUT2D eigenvalue weighted by Crippen LogP contribution is -2.32. The van der Waals surface area contributed by atoms with E-state index in [2.05, 4.69) is 16.2 Å². The van der Waals surface area contributed by atoms with E-state index in [9.17, 15) is 4.79 Å². The van der Waals surface area contributed by atoms with Crippen LogP contribution in [0.1, 0.15) is 23.8 Å². The molecule has 5 heteroatoms.